The maximum Gasteiger partial charge on any atom is 0.122 e. The molecule has 19 heavy (non-hydrogen) atoms. The highest BCUT2D eigenvalue weighted by atomic mass is 19.1. The third-order valence-electron chi connectivity index (χ3n) is 4.52. The number of rotatable bonds is 2. The van der Waals surface area contributed by atoms with Gasteiger partial charge in [-0.15, -0.1) is 0 Å². The lowest BCUT2D eigenvalue weighted by molar-refractivity contribution is 0.0714. The third kappa shape index (κ3) is 2.76. The molecule has 0 saturated heterocycles. The Morgan fingerprint density at radius 3 is 3.00 bits per heavy atom. The van der Waals surface area contributed by atoms with Crippen LogP contribution in [-0.2, 0) is 0 Å². The van der Waals surface area contributed by atoms with Crippen molar-refractivity contribution in [3.63, 3.8) is 0 Å². The van der Waals surface area contributed by atoms with E-state index in [1.165, 1.54) is 5.56 Å². The molecule has 1 aromatic rings. The summed E-state index contributed by atoms with van der Waals surface area (Å²) in [4.78, 5) is 0. The molecular formula is C16H22FNO. The van der Waals surface area contributed by atoms with Gasteiger partial charge in [0.25, 0.3) is 0 Å². The van der Waals surface area contributed by atoms with Crippen LogP contribution in [0.5, 0.6) is 5.75 Å². The molecule has 0 radical (unpaired) electrons. The summed E-state index contributed by atoms with van der Waals surface area (Å²) in [5.41, 5.74) is 6.04. The first-order chi connectivity index (χ1) is 9.16. The van der Waals surface area contributed by atoms with Gasteiger partial charge in [0.2, 0.25) is 0 Å². The van der Waals surface area contributed by atoms with Gasteiger partial charge in [-0.05, 0) is 56.1 Å². The second-order valence-corrected chi connectivity index (χ2v) is 6.08. The average molecular weight is 263 g/mol. The third-order valence-corrected chi connectivity index (χ3v) is 4.52. The van der Waals surface area contributed by atoms with Gasteiger partial charge >= 0.3 is 0 Å². The first-order valence-electron chi connectivity index (χ1n) is 7.32. The fourth-order valence-corrected chi connectivity index (χ4v) is 3.61. The summed E-state index contributed by atoms with van der Waals surface area (Å²) in [6.07, 6.45) is 4.59. The van der Waals surface area contributed by atoms with Crippen molar-refractivity contribution in [3.05, 3.63) is 29.8 Å². The predicted octanol–water partition coefficient (Wildman–Crippen LogP) is 3.55. The molecule has 3 heteroatoms. The second kappa shape index (κ2) is 5.12. The van der Waals surface area contributed by atoms with Crippen molar-refractivity contribution in [3.8, 4) is 5.75 Å². The van der Waals surface area contributed by atoms with Crippen LogP contribution in [0.2, 0.25) is 0 Å². The largest absolute Gasteiger partial charge is 0.493 e. The van der Waals surface area contributed by atoms with Gasteiger partial charge in [-0.1, -0.05) is 18.2 Å². The zero-order chi connectivity index (χ0) is 13.3. The van der Waals surface area contributed by atoms with Gasteiger partial charge in [-0.2, -0.15) is 0 Å². The molecule has 1 aromatic carbocycles. The molecule has 2 N–H and O–H groups in total. The highest BCUT2D eigenvalue weighted by Gasteiger charge is 2.38. The van der Waals surface area contributed by atoms with Gasteiger partial charge in [-0.3, -0.25) is 0 Å². The van der Waals surface area contributed by atoms with Crippen LogP contribution in [0.1, 0.15) is 50.0 Å². The second-order valence-electron chi connectivity index (χ2n) is 6.08. The molecule has 0 spiro atoms. The summed E-state index contributed by atoms with van der Waals surface area (Å²) in [6.45, 7) is 0.698. The quantitative estimate of drug-likeness (QED) is 0.885. The van der Waals surface area contributed by atoms with Crippen LogP contribution in [0.4, 0.5) is 4.39 Å². The molecule has 0 aromatic heterocycles. The van der Waals surface area contributed by atoms with Gasteiger partial charge in [0.15, 0.2) is 0 Å². The van der Waals surface area contributed by atoms with Gasteiger partial charge in [0, 0.05) is 6.04 Å². The highest BCUT2D eigenvalue weighted by Crippen LogP contribution is 2.44. The van der Waals surface area contributed by atoms with Crippen molar-refractivity contribution in [2.24, 2.45) is 5.73 Å². The van der Waals surface area contributed by atoms with E-state index in [1.807, 2.05) is 18.2 Å². The van der Waals surface area contributed by atoms with Crippen molar-refractivity contribution in [1.29, 1.82) is 0 Å². The zero-order valence-corrected chi connectivity index (χ0v) is 11.3. The van der Waals surface area contributed by atoms with Gasteiger partial charge in [0.1, 0.15) is 11.4 Å². The van der Waals surface area contributed by atoms with E-state index in [-0.39, 0.29) is 12.0 Å². The molecule has 0 bridgehead atoms. The van der Waals surface area contributed by atoms with Crippen LogP contribution >= 0.6 is 0 Å². The van der Waals surface area contributed by atoms with E-state index < -0.39 is 5.67 Å². The molecule has 2 aliphatic rings. The molecule has 1 aliphatic carbocycles. The van der Waals surface area contributed by atoms with Crippen molar-refractivity contribution >= 4 is 0 Å². The first-order valence-corrected chi connectivity index (χ1v) is 7.32. The molecule has 3 rings (SSSR count). The first kappa shape index (κ1) is 12.9. The Hall–Kier alpha value is -1.09. The summed E-state index contributed by atoms with van der Waals surface area (Å²) in [5, 5.41) is 0. The van der Waals surface area contributed by atoms with Crippen LogP contribution in [0, 0.1) is 0 Å². The molecule has 1 fully saturated rings. The maximum atomic E-state index is 15.0. The highest BCUT2D eigenvalue weighted by molar-refractivity contribution is 5.38. The number of ether oxygens (including phenoxy) is 1. The van der Waals surface area contributed by atoms with E-state index in [9.17, 15) is 4.39 Å². The molecule has 1 aliphatic heterocycles. The number of nitrogens with two attached hydrogens (primary N) is 1. The molecule has 1 heterocycles. The molecule has 0 amide bonds. The van der Waals surface area contributed by atoms with Crippen LogP contribution in [-0.4, -0.2) is 18.3 Å². The number of para-hydroxylation sites is 1. The smallest absolute Gasteiger partial charge is 0.122 e. The number of alkyl halides is 1. The number of hydrogen-bond acceptors (Lipinski definition) is 2. The van der Waals surface area contributed by atoms with E-state index >= 15 is 0 Å². The van der Waals surface area contributed by atoms with Crippen molar-refractivity contribution in [1.82, 2.24) is 0 Å². The summed E-state index contributed by atoms with van der Waals surface area (Å²) in [5.74, 6) is 1.21. The molecule has 3 atom stereocenters. The monoisotopic (exact) mass is 263 g/mol. The SMILES string of the molecule is NC1CCCC(F)(CC2CCOc3ccccc32)C1. The average Bonchev–Trinajstić information content (AvgIpc) is 2.38. The van der Waals surface area contributed by atoms with Crippen LogP contribution in [0.25, 0.3) is 0 Å². The molecular weight excluding hydrogens is 241 g/mol. The Morgan fingerprint density at radius 2 is 2.16 bits per heavy atom. The molecule has 104 valence electrons. The van der Waals surface area contributed by atoms with Gasteiger partial charge in [0.05, 0.1) is 6.61 Å². The molecule has 1 saturated carbocycles. The minimum Gasteiger partial charge on any atom is -0.493 e. The summed E-state index contributed by atoms with van der Waals surface area (Å²) in [6, 6.07) is 8.08. The number of fused-ring (bicyclic) bond motifs is 1. The van der Waals surface area contributed by atoms with Gasteiger partial charge in [-0.25, -0.2) is 4.39 Å². The lowest BCUT2D eigenvalue weighted by Crippen LogP contribution is -2.39. The lowest BCUT2D eigenvalue weighted by atomic mass is 9.75. The van der Waals surface area contributed by atoms with Crippen molar-refractivity contribution in [2.45, 2.75) is 56.2 Å². The van der Waals surface area contributed by atoms with Crippen LogP contribution < -0.4 is 10.5 Å². The fraction of sp³-hybridized carbons (Fsp3) is 0.625. The van der Waals surface area contributed by atoms with Crippen molar-refractivity contribution in [2.75, 3.05) is 6.61 Å². The predicted molar refractivity (Wildman–Crippen MR) is 74.2 cm³/mol. The Labute approximate surface area is 114 Å². The minimum absolute atomic E-state index is 0.0360. The minimum atomic E-state index is -1.08. The Bertz CT molecular complexity index is 450. The van der Waals surface area contributed by atoms with E-state index in [4.69, 9.17) is 10.5 Å². The summed E-state index contributed by atoms with van der Waals surface area (Å²) >= 11 is 0. The Kier molecular flexibility index (Phi) is 3.48. The lowest BCUT2D eigenvalue weighted by Gasteiger charge is -2.37. The number of hydrogen-bond donors (Lipinski definition) is 1. The number of benzene rings is 1. The summed E-state index contributed by atoms with van der Waals surface area (Å²) in [7, 11) is 0. The van der Waals surface area contributed by atoms with E-state index in [2.05, 4.69) is 6.07 Å². The zero-order valence-electron chi connectivity index (χ0n) is 11.3. The summed E-state index contributed by atoms with van der Waals surface area (Å²) < 4.78 is 20.6. The Balaban J connectivity index is 1.77. The topological polar surface area (TPSA) is 35.2 Å². The fourth-order valence-electron chi connectivity index (χ4n) is 3.61. The van der Waals surface area contributed by atoms with Gasteiger partial charge < -0.3 is 10.5 Å². The normalized spacial score (nSPS) is 34.4. The molecule has 2 nitrogen and oxygen atoms in total. The maximum absolute atomic E-state index is 15.0. The standard InChI is InChI=1S/C16H22FNO/c17-16(8-3-4-13(18)11-16)10-12-7-9-19-15-6-2-1-5-14(12)15/h1-2,5-6,12-13H,3-4,7-11,18H2. The van der Waals surface area contributed by atoms with E-state index in [0.717, 1.165) is 25.0 Å². The number of halogens is 1. The molecule has 3 unspecified atom stereocenters. The van der Waals surface area contributed by atoms with Crippen molar-refractivity contribution < 1.29 is 9.13 Å². The van der Waals surface area contributed by atoms with E-state index in [0.29, 0.717) is 25.9 Å². The van der Waals surface area contributed by atoms with E-state index in [1.54, 1.807) is 0 Å². The van der Waals surface area contributed by atoms with Crippen LogP contribution in [0.3, 0.4) is 0 Å². The van der Waals surface area contributed by atoms with Crippen LogP contribution in [0.15, 0.2) is 24.3 Å². The Morgan fingerprint density at radius 1 is 1.32 bits per heavy atom.